The summed E-state index contributed by atoms with van der Waals surface area (Å²) in [6.45, 7) is 8.52. The van der Waals surface area contributed by atoms with E-state index in [0.717, 1.165) is 42.6 Å². The van der Waals surface area contributed by atoms with Gasteiger partial charge in [0.2, 0.25) is 0 Å². The van der Waals surface area contributed by atoms with Gasteiger partial charge in [-0.2, -0.15) is 0 Å². The van der Waals surface area contributed by atoms with E-state index in [9.17, 15) is 0 Å². The maximum Gasteiger partial charge on any atom is 0.193 e. The number of nitrogens with one attached hydrogen (secondary N) is 1. The van der Waals surface area contributed by atoms with Crippen molar-refractivity contribution >= 4 is 17.3 Å². The molecule has 0 aliphatic carbocycles. The third-order valence-corrected chi connectivity index (χ3v) is 4.45. The average molecular weight is 319 g/mol. The first-order valence-corrected chi connectivity index (χ1v) is 8.56. The summed E-state index contributed by atoms with van der Waals surface area (Å²) in [5.41, 5.74) is 1.15. The fourth-order valence-electron chi connectivity index (χ4n) is 2.31. The molecule has 0 spiro atoms. The van der Waals surface area contributed by atoms with Crippen LogP contribution in [-0.2, 0) is 13.0 Å². The van der Waals surface area contributed by atoms with E-state index in [-0.39, 0.29) is 0 Å². The van der Waals surface area contributed by atoms with E-state index in [4.69, 9.17) is 9.41 Å². The Labute approximate surface area is 136 Å². The van der Waals surface area contributed by atoms with Gasteiger partial charge in [-0.3, -0.25) is 0 Å². The Bertz CT molecular complexity index is 601. The highest BCUT2D eigenvalue weighted by Crippen LogP contribution is 2.15. The number of hydrogen-bond donors (Lipinski definition) is 1. The SMILES string of the molecule is CCNC(=NCc1cc(C)oc1C)N(C)CCc1cccs1. The maximum absolute atomic E-state index is 5.56. The van der Waals surface area contributed by atoms with Gasteiger partial charge in [0.1, 0.15) is 11.5 Å². The molecule has 2 aromatic rings. The van der Waals surface area contributed by atoms with Gasteiger partial charge in [0.25, 0.3) is 0 Å². The molecule has 0 fully saturated rings. The highest BCUT2D eigenvalue weighted by molar-refractivity contribution is 7.09. The van der Waals surface area contributed by atoms with Crippen molar-refractivity contribution in [1.29, 1.82) is 0 Å². The quantitative estimate of drug-likeness (QED) is 0.653. The van der Waals surface area contributed by atoms with Crippen LogP contribution in [0, 0.1) is 13.8 Å². The fraction of sp³-hybridized carbons (Fsp3) is 0.471. The molecular weight excluding hydrogens is 294 g/mol. The monoisotopic (exact) mass is 319 g/mol. The molecule has 0 atom stereocenters. The number of rotatable bonds is 6. The van der Waals surface area contributed by atoms with Crippen LogP contribution in [0.3, 0.4) is 0 Å². The van der Waals surface area contributed by atoms with Crippen LogP contribution in [0.25, 0.3) is 0 Å². The van der Waals surface area contributed by atoms with Crippen LogP contribution in [0.5, 0.6) is 0 Å². The van der Waals surface area contributed by atoms with Crippen LogP contribution in [-0.4, -0.2) is 31.0 Å². The minimum atomic E-state index is 0.648. The van der Waals surface area contributed by atoms with E-state index >= 15 is 0 Å². The summed E-state index contributed by atoms with van der Waals surface area (Å²) >= 11 is 1.81. The third-order valence-electron chi connectivity index (χ3n) is 3.51. The molecule has 0 saturated heterocycles. The van der Waals surface area contributed by atoms with E-state index in [2.05, 4.69) is 47.8 Å². The van der Waals surface area contributed by atoms with Crippen LogP contribution in [0.4, 0.5) is 0 Å². The molecular formula is C17H25N3OS. The summed E-state index contributed by atoms with van der Waals surface area (Å²) in [7, 11) is 2.09. The summed E-state index contributed by atoms with van der Waals surface area (Å²) < 4.78 is 5.56. The second-order valence-corrected chi connectivity index (χ2v) is 6.39. The first-order chi connectivity index (χ1) is 10.6. The molecule has 4 nitrogen and oxygen atoms in total. The Balaban J connectivity index is 1.97. The number of thiophene rings is 1. The number of aryl methyl sites for hydroxylation is 2. The summed E-state index contributed by atoms with van der Waals surface area (Å²) in [4.78, 5) is 8.33. The van der Waals surface area contributed by atoms with Crippen molar-refractivity contribution in [2.75, 3.05) is 20.1 Å². The van der Waals surface area contributed by atoms with E-state index < -0.39 is 0 Å². The second-order valence-electron chi connectivity index (χ2n) is 5.36. The van der Waals surface area contributed by atoms with Gasteiger partial charge in [-0.25, -0.2) is 4.99 Å². The van der Waals surface area contributed by atoms with Gasteiger partial charge in [-0.05, 0) is 44.7 Å². The van der Waals surface area contributed by atoms with Gasteiger partial charge in [0.15, 0.2) is 5.96 Å². The Kier molecular flexibility index (Phi) is 6.07. The Hall–Kier alpha value is -1.75. The largest absolute Gasteiger partial charge is 0.466 e. The lowest BCUT2D eigenvalue weighted by atomic mass is 10.2. The summed E-state index contributed by atoms with van der Waals surface area (Å²) in [5, 5.41) is 5.48. The molecule has 2 aromatic heterocycles. The van der Waals surface area contributed by atoms with Gasteiger partial charge < -0.3 is 14.6 Å². The zero-order valence-corrected chi connectivity index (χ0v) is 14.7. The Morgan fingerprint density at radius 3 is 2.82 bits per heavy atom. The summed E-state index contributed by atoms with van der Waals surface area (Å²) in [6.07, 6.45) is 1.04. The van der Waals surface area contributed by atoms with E-state index in [1.807, 2.05) is 13.8 Å². The lowest BCUT2D eigenvalue weighted by Gasteiger charge is -2.21. The molecule has 0 aliphatic rings. The number of guanidine groups is 1. The van der Waals surface area contributed by atoms with Crippen LogP contribution in [0.2, 0.25) is 0 Å². The molecule has 5 heteroatoms. The summed E-state index contributed by atoms with van der Waals surface area (Å²) in [6, 6.07) is 6.34. The molecule has 0 unspecified atom stereocenters. The van der Waals surface area contributed by atoms with Crippen molar-refractivity contribution in [1.82, 2.24) is 10.2 Å². The van der Waals surface area contributed by atoms with Crippen molar-refractivity contribution in [2.45, 2.75) is 33.7 Å². The minimum Gasteiger partial charge on any atom is -0.466 e. The lowest BCUT2D eigenvalue weighted by molar-refractivity contribution is 0.485. The van der Waals surface area contributed by atoms with E-state index in [1.54, 1.807) is 11.3 Å². The second kappa shape index (κ2) is 8.03. The van der Waals surface area contributed by atoms with E-state index in [0.29, 0.717) is 6.54 Å². The first-order valence-electron chi connectivity index (χ1n) is 7.68. The first kappa shape index (κ1) is 16.6. The Morgan fingerprint density at radius 1 is 1.41 bits per heavy atom. The van der Waals surface area contributed by atoms with Crippen LogP contribution in [0.1, 0.15) is 28.9 Å². The van der Waals surface area contributed by atoms with Gasteiger partial charge in [0.05, 0.1) is 6.54 Å². The smallest absolute Gasteiger partial charge is 0.193 e. The molecule has 0 aromatic carbocycles. The number of likely N-dealkylation sites (N-methyl/N-ethyl adjacent to an activating group) is 1. The predicted molar refractivity (Wildman–Crippen MR) is 93.7 cm³/mol. The molecule has 0 bridgehead atoms. The van der Waals surface area contributed by atoms with Crippen LogP contribution >= 0.6 is 11.3 Å². The van der Waals surface area contributed by atoms with Crippen molar-refractivity contribution in [3.05, 3.63) is 45.5 Å². The van der Waals surface area contributed by atoms with Crippen molar-refractivity contribution in [3.63, 3.8) is 0 Å². The van der Waals surface area contributed by atoms with Crippen LogP contribution < -0.4 is 5.32 Å². The van der Waals surface area contributed by atoms with Crippen LogP contribution in [0.15, 0.2) is 33.0 Å². The van der Waals surface area contributed by atoms with Gasteiger partial charge in [-0.15, -0.1) is 11.3 Å². The highest BCUT2D eigenvalue weighted by atomic mass is 32.1. The molecule has 0 amide bonds. The van der Waals surface area contributed by atoms with E-state index in [1.165, 1.54) is 4.88 Å². The van der Waals surface area contributed by atoms with Gasteiger partial charge >= 0.3 is 0 Å². The maximum atomic E-state index is 5.56. The number of nitrogens with zero attached hydrogens (tertiary/aromatic N) is 2. The normalized spacial score (nSPS) is 11.7. The number of furan rings is 1. The lowest BCUT2D eigenvalue weighted by Crippen LogP contribution is -2.39. The zero-order valence-electron chi connectivity index (χ0n) is 13.8. The molecule has 22 heavy (non-hydrogen) atoms. The summed E-state index contributed by atoms with van der Waals surface area (Å²) in [5.74, 6) is 2.84. The Morgan fingerprint density at radius 2 is 2.23 bits per heavy atom. The zero-order chi connectivity index (χ0) is 15.9. The molecule has 0 saturated carbocycles. The number of aliphatic imine (C=N–C) groups is 1. The molecule has 2 heterocycles. The van der Waals surface area contributed by atoms with Crippen molar-refractivity contribution < 1.29 is 4.42 Å². The molecule has 0 aliphatic heterocycles. The van der Waals surface area contributed by atoms with Gasteiger partial charge in [-0.1, -0.05) is 6.07 Å². The average Bonchev–Trinajstić information content (AvgIpc) is 3.10. The standard InChI is InChI=1S/C17H25N3OS/c1-5-18-17(19-12-15-11-13(2)21-14(15)3)20(4)9-8-16-7-6-10-22-16/h6-7,10-11H,5,8-9,12H2,1-4H3,(H,18,19). The minimum absolute atomic E-state index is 0.648. The molecule has 120 valence electrons. The fourth-order valence-corrected chi connectivity index (χ4v) is 3.01. The van der Waals surface area contributed by atoms with Crippen molar-refractivity contribution in [2.24, 2.45) is 4.99 Å². The van der Waals surface area contributed by atoms with Gasteiger partial charge in [0, 0.05) is 30.6 Å². The predicted octanol–water partition coefficient (Wildman–Crippen LogP) is 3.60. The molecule has 1 N–H and O–H groups in total. The molecule has 0 radical (unpaired) electrons. The molecule has 2 rings (SSSR count). The topological polar surface area (TPSA) is 40.8 Å². The third kappa shape index (κ3) is 4.63. The highest BCUT2D eigenvalue weighted by Gasteiger charge is 2.08. The number of hydrogen-bond acceptors (Lipinski definition) is 3. The van der Waals surface area contributed by atoms with Crippen molar-refractivity contribution in [3.8, 4) is 0 Å².